The van der Waals surface area contributed by atoms with Gasteiger partial charge in [0.2, 0.25) is 15.9 Å². The number of carbonyl (C=O) groups is 2. The molecular weight excluding hydrogens is 585 g/mol. The highest BCUT2D eigenvalue weighted by Crippen LogP contribution is 2.52. The van der Waals surface area contributed by atoms with Crippen LogP contribution in [-0.4, -0.2) is 84.9 Å². The van der Waals surface area contributed by atoms with Gasteiger partial charge < -0.3 is 15.0 Å². The summed E-state index contributed by atoms with van der Waals surface area (Å²) < 4.78 is 77.8. The summed E-state index contributed by atoms with van der Waals surface area (Å²) in [6.45, 7) is 5.65. The maximum absolute atomic E-state index is 14.3. The standard InChI is InChI=1S/C30H37F3N4O5S/c1-20(2)34-28(38)19-35-13-15-36(16-14-35)29(39)42-30(11-12-30)27-8-4-7-26(21-5-3-6-22(31)17-21)37(27)43(40,41)23-9-10-24(32)25(33)18-23/h3,5-6,9-10,17-18,20,26-27H,4,7-8,11-16,19H2,1-2H3,(H,34,38)/t26-,27+/m0/s1. The Hall–Kier alpha value is -3.16. The highest BCUT2D eigenvalue weighted by atomic mass is 32.2. The molecular formula is C30H37F3N4O5S. The highest BCUT2D eigenvalue weighted by Gasteiger charge is 2.60. The first-order chi connectivity index (χ1) is 20.4. The van der Waals surface area contributed by atoms with Crippen LogP contribution in [0.15, 0.2) is 47.4 Å². The summed E-state index contributed by atoms with van der Waals surface area (Å²) in [7, 11) is -4.44. The molecule has 0 bridgehead atoms. The van der Waals surface area contributed by atoms with E-state index >= 15 is 0 Å². The number of hydrogen-bond donors (Lipinski definition) is 1. The molecule has 0 spiro atoms. The molecule has 1 aliphatic carbocycles. The topological polar surface area (TPSA) is 99.3 Å². The Balaban J connectivity index is 1.37. The molecule has 0 radical (unpaired) electrons. The average Bonchev–Trinajstić information content (AvgIpc) is 3.74. The third kappa shape index (κ3) is 6.83. The molecule has 1 N–H and O–H groups in total. The van der Waals surface area contributed by atoms with Crippen LogP contribution in [-0.2, 0) is 19.6 Å². The molecule has 2 saturated heterocycles. The van der Waals surface area contributed by atoms with Gasteiger partial charge in [0.15, 0.2) is 11.6 Å². The Morgan fingerprint density at radius 3 is 2.35 bits per heavy atom. The number of sulfonamides is 1. The molecule has 2 aromatic carbocycles. The van der Waals surface area contributed by atoms with Crippen LogP contribution in [0.5, 0.6) is 0 Å². The SMILES string of the molecule is CC(C)NC(=O)CN1CCN(C(=O)OC2([C@H]3CCC[C@@H](c4cccc(F)c4)N3S(=O)(=O)c3ccc(F)c(F)c3)CC2)CC1. The van der Waals surface area contributed by atoms with Gasteiger partial charge >= 0.3 is 6.09 Å². The van der Waals surface area contributed by atoms with E-state index in [2.05, 4.69) is 5.32 Å². The smallest absolute Gasteiger partial charge is 0.410 e. The van der Waals surface area contributed by atoms with Crippen LogP contribution < -0.4 is 5.32 Å². The lowest BCUT2D eigenvalue weighted by molar-refractivity contribution is -0.123. The minimum atomic E-state index is -4.44. The first-order valence-electron chi connectivity index (χ1n) is 14.6. The quantitative estimate of drug-likeness (QED) is 0.474. The first-order valence-corrected chi connectivity index (χ1v) is 16.1. The summed E-state index contributed by atoms with van der Waals surface area (Å²) in [4.78, 5) is 28.6. The monoisotopic (exact) mass is 622 g/mol. The fraction of sp³-hybridized carbons (Fsp3) is 0.533. The molecule has 5 rings (SSSR count). The highest BCUT2D eigenvalue weighted by molar-refractivity contribution is 7.89. The Morgan fingerprint density at radius 2 is 1.72 bits per heavy atom. The van der Waals surface area contributed by atoms with Gasteiger partial charge in [0, 0.05) is 32.2 Å². The van der Waals surface area contributed by atoms with Crippen LogP contribution in [0.1, 0.15) is 57.6 Å². The number of amides is 2. The Kier molecular flexibility index (Phi) is 9.05. The van der Waals surface area contributed by atoms with E-state index in [9.17, 15) is 31.2 Å². The number of hydrogen-bond acceptors (Lipinski definition) is 6. The number of benzene rings is 2. The van der Waals surface area contributed by atoms with Crippen molar-refractivity contribution in [3.8, 4) is 0 Å². The van der Waals surface area contributed by atoms with Crippen molar-refractivity contribution in [3.05, 3.63) is 65.5 Å². The van der Waals surface area contributed by atoms with Crippen molar-refractivity contribution in [1.29, 1.82) is 0 Å². The third-order valence-electron chi connectivity index (χ3n) is 8.36. The number of carbonyl (C=O) groups excluding carboxylic acids is 2. The molecule has 0 aromatic heterocycles. The molecule has 2 heterocycles. The second kappa shape index (κ2) is 12.4. The second-order valence-electron chi connectivity index (χ2n) is 11.8. The molecule has 234 valence electrons. The van der Waals surface area contributed by atoms with Crippen molar-refractivity contribution in [2.45, 2.75) is 74.6 Å². The molecule has 43 heavy (non-hydrogen) atoms. The van der Waals surface area contributed by atoms with Gasteiger partial charge in [-0.05, 0) is 81.8 Å². The molecule has 3 aliphatic rings. The lowest BCUT2D eigenvalue weighted by atomic mass is 9.90. The molecule has 2 atom stereocenters. The van der Waals surface area contributed by atoms with Gasteiger partial charge in [-0.25, -0.2) is 26.4 Å². The summed E-state index contributed by atoms with van der Waals surface area (Å²) in [5, 5.41) is 2.85. The number of rotatable bonds is 8. The van der Waals surface area contributed by atoms with E-state index in [0.29, 0.717) is 69.9 Å². The van der Waals surface area contributed by atoms with Crippen LogP contribution in [0.4, 0.5) is 18.0 Å². The van der Waals surface area contributed by atoms with E-state index < -0.39 is 56.1 Å². The third-order valence-corrected chi connectivity index (χ3v) is 10.3. The van der Waals surface area contributed by atoms with Gasteiger partial charge in [-0.3, -0.25) is 9.69 Å². The predicted molar refractivity (Wildman–Crippen MR) is 152 cm³/mol. The van der Waals surface area contributed by atoms with Gasteiger partial charge in [-0.2, -0.15) is 4.31 Å². The van der Waals surface area contributed by atoms with Crippen LogP contribution in [0.3, 0.4) is 0 Å². The van der Waals surface area contributed by atoms with E-state index in [1.165, 1.54) is 22.5 Å². The fourth-order valence-electron chi connectivity index (χ4n) is 6.12. The summed E-state index contributed by atoms with van der Waals surface area (Å²) in [5.74, 6) is -3.09. The van der Waals surface area contributed by atoms with Gasteiger partial charge in [0.1, 0.15) is 11.4 Å². The normalized spacial score (nSPS) is 22.8. The minimum absolute atomic E-state index is 0.0317. The molecule has 1 saturated carbocycles. The fourth-order valence-corrected chi connectivity index (χ4v) is 8.05. The molecule has 13 heteroatoms. The zero-order valence-corrected chi connectivity index (χ0v) is 25.1. The summed E-state index contributed by atoms with van der Waals surface area (Å²) in [6, 6.07) is 6.52. The van der Waals surface area contributed by atoms with Crippen molar-refractivity contribution >= 4 is 22.0 Å². The zero-order valence-electron chi connectivity index (χ0n) is 24.3. The van der Waals surface area contributed by atoms with E-state index in [-0.39, 0.29) is 18.5 Å². The Labute approximate surface area is 250 Å². The molecule has 2 aliphatic heterocycles. The number of piperidine rings is 1. The summed E-state index contributed by atoms with van der Waals surface area (Å²) >= 11 is 0. The van der Waals surface area contributed by atoms with Gasteiger partial charge in [-0.15, -0.1) is 0 Å². The summed E-state index contributed by atoms with van der Waals surface area (Å²) in [6.07, 6.45) is 1.63. The molecule has 9 nitrogen and oxygen atoms in total. The number of nitrogens with zero attached hydrogens (tertiary/aromatic N) is 3. The Morgan fingerprint density at radius 1 is 1.00 bits per heavy atom. The van der Waals surface area contributed by atoms with E-state index in [4.69, 9.17) is 4.74 Å². The summed E-state index contributed by atoms with van der Waals surface area (Å²) in [5.41, 5.74) is -0.682. The maximum atomic E-state index is 14.3. The van der Waals surface area contributed by atoms with E-state index in [0.717, 1.165) is 12.1 Å². The number of nitrogens with one attached hydrogen (secondary N) is 1. The van der Waals surface area contributed by atoms with Crippen LogP contribution in [0, 0.1) is 17.5 Å². The second-order valence-corrected chi connectivity index (χ2v) is 13.7. The molecule has 2 amide bonds. The number of piperazine rings is 1. The maximum Gasteiger partial charge on any atom is 0.410 e. The largest absolute Gasteiger partial charge is 0.441 e. The van der Waals surface area contributed by atoms with Crippen molar-refractivity contribution in [2.24, 2.45) is 0 Å². The van der Waals surface area contributed by atoms with E-state index in [1.807, 2.05) is 18.7 Å². The number of ether oxygens (including phenoxy) is 1. The Bertz CT molecular complexity index is 1460. The number of halogens is 3. The average molecular weight is 623 g/mol. The van der Waals surface area contributed by atoms with Crippen molar-refractivity contribution < 1.29 is 35.9 Å². The van der Waals surface area contributed by atoms with Crippen molar-refractivity contribution in [1.82, 2.24) is 19.4 Å². The predicted octanol–water partition coefficient (Wildman–Crippen LogP) is 4.20. The van der Waals surface area contributed by atoms with Crippen LogP contribution in [0.25, 0.3) is 0 Å². The van der Waals surface area contributed by atoms with E-state index in [1.54, 1.807) is 11.0 Å². The van der Waals surface area contributed by atoms with Gasteiger partial charge in [-0.1, -0.05) is 12.1 Å². The first kappa shape index (κ1) is 31.3. The van der Waals surface area contributed by atoms with Crippen LogP contribution >= 0.6 is 0 Å². The molecule has 2 aromatic rings. The lowest BCUT2D eigenvalue weighted by Crippen LogP contribution is -2.56. The molecule has 0 unspecified atom stereocenters. The van der Waals surface area contributed by atoms with Crippen molar-refractivity contribution in [2.75, 3.05) is 32.7 Å². The van der Waals surface area contributed by atoms with Gasteiger partial charge in [0.25, 0.3) is 0 Å². The van der Waals surface area contributed by atoms with Crippen molar-refractivity contribution in [3.63, 3.8) is 0 Å². The zero-order chi connectivity index (χ0) is 30.9. The lowest BCUT2D eigenvalue weighted by Gasteiger charge is -2.45. The van der Waals surface area contributed by atoms with Crippen LogP contribution in [0.2, 0.25) is 0 Å². The van der Waals surface area contributed by atoms with Gasteiger partial charge in [0.05, 0.1) is 23.5 Å². The minimum Gasteiger partial charge on any atom is -0.441 e. The molecule has 3 fully saturated rings.